The fourth-order valence-corrected chi connectivity index (χ4v) is 8.17. The van der Waals surface area contributed by atoms with E-state index in [0.717, 1.165) is 47.8 Å². The minimum Gasteiger partial charge on any atom is -0.352 e. The number of likely N-dealkylation sites (tertiary alicyclic amines) is 1. The summed E-state index contributed by atoms with van der Waals surface area (Å²) in [6.07, 6.45) is 17.6. The molecule has 220 valence electrons. The van der Waals surface area contributed by atoms with Crippen molar-refractivity contribution in [2.24, 2.45) is 23.7 Å². The van der Waals surface area contributed by atoms with Gasteiger partial charge in [-0.1, -0.05) is 85.4 Å². The first-order valence-electron chi connectivity index (χ1n) is 16.6. The molecular weight excluding hydrogens is 500 g/mol. The molecule has 3 fully saturated rings. The van der Waals surface area contributed by atoms with Crippen molar-refractivity contribution >= 4 is 11.5 Å². The van der Waals surface area contributed by atoms with Crippen molar-refractivity contribution in [3.8, 4) is 0 Å². The predicted molar refractivity (Wildman–Crippen MR) is 173 cm³/mol. The number of carbonyl (C=O) groups is 1. The first-order chi connectivity index (χ1) is 20.0. The number of benzene rings is 2. The molecule has 0 aromatic heterocycles. The summed E-state index contributed by atoms with van der Waals surface area (Å²) in [5, 5.41) is 3.01. The quantitative estimate of drug-likeness (QED) is 0.373. The Hall–Kier alpha value is -2.65. The largest absolute Gasteiger partial charge is 0.352 e. The number of carbonyl (C=O) groups excluding carboxylic acids is 1. The van der Waals surface area contributed by atoms with Crippen LogP contribution in [0.25, 0.3) is 5.57 Å². The van der Waals surface area contributed by atoms with Crippen molar-refractivity contribution in [1.82, 2.24) is 10.2 Å². The third-order valence-corrected chi connectivity index (χ3v) is 10.9. The summed E-state index contributed by atoms with van der Waals surface area (Å²) < 4.78 is 0. The standard InChI is InChI=1S/C23H28.C15H22N2O.H2/c1-2-15-7-9-16(10-8-15)11-18-13-21-19-6-4-3-5-17(19)12-22(21)23-14-20(18)23;1-12-5-3-6-13(11-12)15(18)16-9-8-14-7-4-10-17(14)2;/h3-6,13,15-16,20,23H,2,7-12,14H2,1H3;3,5-6,11,14H,4,7-10H2,1-2H3,(H,16,18);1H. The second-order valence-electron chi connectivity index (χ2n) is 13.6. The van der Waals surface area contributed by atoms with Gasteiger partial charge in [0, 0.05) is 19.6 Å². The zero-order chi connectivity index (χ0) is 28.3. The van der Waals surface area contributed by atoms with Gasteiger partial charge in [0.2, 0.25) is 0 Å². The van der Waals surface area contributed by atoms with Crippen LogP contribution in [0.15, 0.2) is 65.8 Å². The molecule has 2 saturated carbocycles. The summed E-state index contributed by atoms with van der Waals surface area (Å²) in [4.78, 5) is 14.3. The number of hydrogen-bond acceptors (Lipinski definition) is 2. The number of aryl methyl sites for hydroxylation is 1. The molecule has 2 aromatic rings. The molecule has 41 heavy (non-hydrogen) atoms. The Morgan fingerprint density at radius 1 is 1.00 bits per heavy atom. The lowest BCUT2D eigenvalue weighted by atomic mass is 9.77. The zero-order valence-electron chi connectivity index (χ0n) is 25.6. The van der Waals surface area contributed by atoms with Gasteiger partial charge in [0.15, 0.2) is 0 Å². The molecule has 1 N–H and O–H groups in total. The maximum absolute atomic E-state index is 11.9. The normalized spacial score (nSPS) is 28.2. The lowest BCUT2D eigenvalue weighted by molar-refractivity contribution is 0.0950. The highest BCUT2D eigenvalue weighted by Gasteiger charge is 2.47. The molecule has 5 aliphatic rings. The molecule has 0 bridgehead atoms. The van der Waals surface area contributed by atoms with E-state index in [1.54, 1.807) is 22.3 Å². The predicted octanol–water partition coefficient (Wildman–Crippen LogP) is 8.63. The van der Waals surface area contributed by atoms with Gasteiger partial charge in [0.05, 0.1) is 0 Å². The molecular formula is C38H52N2O. The number of amides is 1. The fraction of sp³-hybridized carbons (Fsp3) is 0.553. The van der Waals surface area contributed by atoms with E-state index in [9.17, 15) is 4.79 Å². The molecule has 3 unspecified atom stereocenters. The molecule has 1 heterocycles. The molecule has 3 nitrogen and oxygen atoms in total. The van der Waals surface area contributed by atoms with E-state index >= 15 is 0 Å². The third-order valence-electron chi connectivity index (χ3n) is 10.9. The van der Waals surface area contributed by atoms with Crippen LogP contribution in [0.5, 0.6) is 0 Å². The van der Waals surface area contributed by atoms with Crippen molar-refractivity contribution in [1.29, 1.82) is 0 Å². The van der Waals surface area contributed by atoms with Crippen LogP contribution in [-0.4, -0.2) is 37.0 Å². The Morgan fingerprint density at radius 3 is 2.56 bits per heavy atom. The number of fused-ring (bicyclic) bond motifs is 4. The van der Waals surface area contributed by atoms with Gasteiger partial charge in [-0.05, 0) is 124 Å². The zero-order valence-corrected chi connectivity index (χ0v) is 25.6. The SMILES string of the molecule is CCC1CCC(CC2=CC3=C(Cc4ccccc43)C3CC23)CC1.Cc1cccc(C(=O)NCCC2CCCN2C)c1.[HH]. The smallest absolute Gasteiger partial charge is 0.251 e. The van der Waals surface area contributed by atoms with Crippen LogP contribution in [-0.2, 0) is 6.42 Å². The van der Waals surface area contributed by atoms with E-state index in [-0.39, 0.29) is 7.33 Å². The molecule has 0 spiro atoms. The maximum Gasteiger partial charge on any atom is 0.251 e. The number of nitrogens with zero attached hydrogens (tertiary/aromatic N) is 1. The second-order valence-corrected chi connectivity index (χ2v) is 13.6. The average molecular weight is 553 g/mol. The van der Waals surface area contributed by atoms with Gasteiger partial charge < -0.3 is 10.2 Å². The number of nitrogens with one attached hydrogen (secondary N) is 1. The van der Waals surface area contributed by atoms with Crippen molar-refractivity contribution in [2.45, 2.75) is 90.5 Å². The van der Waals surface area contributed by atoms with Crippen LogP contribution in [0.1, 0.15) is 99.6 Å². The Bertz CT molecular complexity index is 1300. The summed E-state index contributed by atoms with van der Waals surface area (Å²) in [6, 6.07) is 17.5. The highest BCUT2D eigenvalue weighted by molar-refractivity contribution is 5.94. The first kappa shape index (κ1) is 28.5. The second kappa shape index (κ2) is 12.7. The van der Waals surface area contributed by atoms with Crippen molar-refractivity contribution < 1.29 is 6.22 Å². The van der Waals surface area contributed by atoms with Crippen molar-refractivity contribution in [2.75, 3.05) is 20.1 Å². The van der Waals surface area contributed by atoms with E-state index in [1.807, 2.05) is 36.8 Å². The van der Waals surface area contributed by atoms with Crippen molar-refractivity contribution in [3.63, 3.8) is 0 Å². The monoisotopic (exact) mass is 552 g/mol. The minimum absolute atomic E-state index is 0. The Kier molecular flexibility index (Phi) is 8.81. The molecule has 4 aliphatic carbocycles. The van der Waals surface area contributed by atoms with Gasteiger partial charge in [-0.15, -0.1) is 0 Å². The highest BCUT2D eigenvalue weighted by atomic mass is 16.1. The Balaban J connectivity index is 0.000000170. The van der Waals surface area contributed by atoms with Gasteiger partial charge in [-0.3, -0.25) is 4.79 Å². The first-order valence-corrected chi connectivity index (χ1v) is 16.6. The van der Waals surface area contributed by atoms with E-state index in [2.05, 4.69) is 54.5 Å². The van der Waals surface area contributed by atoms with Crippen LogP contribution in [0, 0.1) is 30.6 Å². The van der Waals surface area contributed by atoms with Gasteiger partial charge in [0.25, 0.3) is 5.91 Å². The molecule has 1 aliphatic heterocycles. The molecule has 0 radical (unpaired) electrons. The summed E-state index contributed by atoms with van der Waals surface area (Å²) in [7, 11) is 2.17. The van der Waals surface area contributed by atoms with E-state index in [1.165, 1.54) is 70.8 Å². The van der Waals surface area contributed by atoms with Crippen LogP contribution in [0.4, 0.5) is 0 Å². The Labute approximate surface area is 250 Å². The number of hydrogen-bond donors (Lipinski definition) is 1. The molecule has 3 heteroatoms. The van der Waals surface area contributed by atoms with Gasteiger partial charge in [0.1, 0.15) is 0 Å². The van der Waals surface area contributed by atoms with Crippen molar-refractivity contribution in [3.05, 3.63) is 88.0 Å². The summed E-state index contributed by atoms with van der Waals surface area (Å²) in [5.41, 5.74) is 10.2. The van der Waals surface area contributed by atoms with E-state index in [4.69, 9.17) is 0 Å². The van der Waals surface area contributed by atoms with Gasteiger partial charge >= 0.3 is 0 Å². The number of rotatable bonds is 7. The highest BCUT2D eigenvalue weighted by Crippen LogP contribution is 2.59. The summed E-state index contributed by atoms with van der Waals surface area (Å²) >= 11 is 0. The number of allylic oxidation sites excluding steroid dienone is 4. The van der Waals surface area contributed by atoms with Gasteiger partial charge in [-0.25, -0.2) is 0 Å². The van der Waals surface area contributed by atoms with Gasteiger partial charge in [-0.2, -0.15) is 0 Å². The lowest BCUT2D eigenvalue weighted by Crippen LogP contribution is -2.31. The van der Waals surface area contributed by atoms with E-state index < -0.39 is 0 Å². The molecule has 2 aromatic carbocycles. The topological polar surface area (TPSA) is 32.3 Å². The van der Waals surface area contributed by atoms with Crippen LogP contribution >= 0.6 is 0 Å². The fourth-order valence-electron chi connectivity index (χ4n) is 8.17. The summed E-state index contributed by atoms with van der Waals surface area (Å²) in [6.45, 7) is 6.33. The minimum atomic E-state index is 0. The summed E-state index contributed by atoms with van der Waals surface area (Å²) in [5.74, 6) is 3.87. The maximum atomic E-state index is 11.9. The Morgan fingerprint density at radius 2 is 1.80 bits per heavy atom. The molecule has 1 saturated heterocycles. The average Bonchev–Trinajstić information content (AvgIpc) is 3.58. The lowest BCUT2D eigenvalue weighted by Gasteiger charge is -2.29. The molecule has 3 atom stereocenters. The van der Waals surface area contributed by atoms with E-state index in [0.29, 0.717) is 6.04 Å². The van der Waals surface area contributed by atoms with Crippen LogP contribution in [0.2, 0.25) is 0 Å². The molecule has 1 amide bonds. The van der Waals surface area contributed by atoms with Crippen LogP contribution < -0.4 is 5.32 Å². The third kappa shape index (κ3) is 6.56. The molecule has 7 rings (SSSR count). The van der Waals surface area contributed by atoms with Crippen LogP contribution in [0.3, 0.4) is 0 Å².